The molecule has 1 aliphatic heterocycles. The monoisotopic (exact) mass is 310 g/mol. The predicted octanol–water partition coefficient (Wildman–Crippen LogP) is 1.70. The van der Waals surface area contributed by atoms with Crippen LogP contribution in [-0.4, -0.2) is 23.5 Å². The van der Waals surface area contributed by atoms with Gasteiger partial charge in [0.25, 0.3) is 5.91 Å². The molecule has 2 heterocycles. The van der Waals surface area contributed by atoms with Crippen LogP contribution in [0.4, 0.5) is 0 Å². The lowest BCUT2D eigenvalue weighted by Gasteiger charge is -2.01. The van der Waals surface area contributed by atoms with Crippen LogP contribution in [0.2, 0.25) is 0 Å². The van der Waals surface area contributed by atoms with Crippen molar-refractivity contribution in [3.05, 3.63) is 46.8 Å². The number of fused-ring (bicyclic) bond motifs is 1. The molecule has 0 bridgehead atoms. The van der Waals surface area contributed by atoms with Crippen LogP contribution in [-0.2, 0) is 7.05 Å². The highest BCUT2D eigenvalue weighted by Gasteiger charge is 2.16. The normalized spacial score (nSPS) is 12.4. The molecule has 3 rings (SSSR count). The molecule has 1 aromatic heterocycles. The van der Waals surface area contributed by atoms with Gasteiger partial charge in [-0.25, -0.2) is 5.43 Å². The zero-order valence-electron chi connectivity index (χ0n) is 12.7. The van der Waals surface area contributed by atoms with Gasteiger partial charge >= 0.3 is 0 Å². The van der Waals surface area contributed by atoms with Gasteiger partial charge in [0.1, 0.15) is 11.8 Å². The van der Waals surface area contributed by atoms with Crippen molar-refractivity contribution in [2.75, 3.05) is 6.79 Å². The lowest BCUT2D eigenvalue weighted by Crippen LogP contribution is -2.17. The maximum atomic E-state index is 12.1. The first kappa shape index (κ1) is 14.7. The highest BCUT2D eigenvalue weighted by Crippen LogP contribution is 2.32. The van der Waals surface area contributed by atoms with Crippen LogP contribution >= 0.6 is 0 Å². The Kier molecular flexibility index (Phi) is 3.73. The van der Waals surface area contributed by atoms with Gasteiger partial charge in [-0.1, -0.05) is 0 Å². The largest absolute Gasteiger partial charge is 0.454 e. The quantitative estimate of drug-likeness (QED) is 0.690. The molecule has 116 valence electrons. The molecule has 0 atom stereocenters. The van der Waals surface area contributed by atoms with Crippen LogP contribution in [0.25, 0.3) is 0 Å². The molecule has 1 aliphatic rings. The van der Waals surface area contributed by atoms with Crippen molar-refractivity contribution in [3.63, 3.8) is 0 Å². The molecule has 0 spiro atoms. The third-order valence-corrected chi connectivity index (χ3v) is 3.69. The third kappa shape index (κ3) is 2.74. The Hall–Kier alpha value is -3.27. The summed E-state index contributed by atoms with van der Waals surface area (Å²) < 4.78 is 12.2. The van der Waals surface area contributed by atoms with E-state index in [1.807, 2.05) is 6.92 Å². The Morgan fingerprint density at radius 3 is 2.91 bits per heavy atom. The Balaban J connectivity index is 1.71. The molecular weight excluding hydrogens is 296 g/mol. The van der Waals surface area contributed by atoms with Crippen LogP contribution in [0.3, 0.4) is 0 Å². The second-order valence-electron chi connectivity index (χ2n) is 5.01. The number of carbonyl (C=O) groups is 1. The Bertz CT molecular complexity index is 846. The van der Waals surface area contributed by atoms with Crippen molar-refractivity contribution in [1.29, 1.82) is 5.26 Å². The van der Waals surface area contributed by atoms with E-state index in [1.165, 1.54) is 6.21 Å². The molecule has 2 aromatic rings. The van der Waals surface area contributed by atoms with E-state index in [0.717, 1.165) is 11.3 Å². The molecule has 0 saturated heterocycles. The van der Waals surface area contributed by atoms with E-state index >= 15 is 0 Å². The fraction of sp³-hybridized carbons (Fsp3) is 0.188. The van der Waals surface area contributed by atoms with Crippen LogP contribution < -0.4 is 14.9 Å². The summed E-state index contributed by atoms with van der Waals surface area (Å²) in [6.45, 7) is 2.04. The van der Waals surface area contributed by atoms with Crippen molar-refractivity contribution < 1.29 is 14.3 Å². The first-order valence-corrected chi connectivity index (χ1v) is 6.89. The van der Waals surface area contributed by atoms with E-state index in [2.05, 4.69) is 16.6 Å². The number of hydrogen-bond acceptors (Lipinski definition) is 5. The van der Waals surface area contributed by atoms with E-state index in [1.54, 1.807) is 35.9 Å². The van der Waals surface area contributed by atoms with Gasteiger partial charge in [0.05, 0.1) is 6.21 Å². The molecule has 0 aliphatic carbocycles. The standard InChI is InChI=1S/C16H14N4O3/c1-10-12(5-13(7-17)20(10)2)8-18-19-16(21)11-3-4-14-15(6-11)23-9-22-14/h3-6,8H,9H2,1-2H3,(H,19,21). The second kappa shape index (κ2) is 5.85. The van der Waals surface area contributed by atoms with Crippen LogP contribution in [0.1, 0.15) is 27.3 Å². The molecule has 0 unspecified atom stereocenters. The van der Waals surface area contributed by atoms with Crippen LogP contribution in [0.5, 0.6) is 11.5 Å². The summed E-state index contributed by atoms with van der Waals surface area (Å²) in [6.07, 6.45) is 1.51. The van der Waals surface area contributed by atoms with E-state index < -0.39 is 0 Å². The Labute approximate surface area is 132 Å². The van der Waals surface area contributed by atoms with E-state index in [9.17, 15) is 4.79 Å². The third-order valence-electron chi connectivity index (χ3n) is 3.69. The molecular formula is C16H14N4O3. The number of rotatable bonds is 3. The van der Waals surface area contributed by atoms with Crippen molar-refractivity contribution in [1.82, 2.24) is 9.99 Å². The number of amides is 1. The number of benzene rings is 1. The topological polar surface area (TPSA) is 88.6 Å². The summed E-state index contributed by atoms with van der Waals surface area (Å²) in [5.41, 5.74) is 5.08. The van der Waals surface area contributed by atoms with E-state index in [0.29, 0.717) is 22.8 Å². The molecule has 1 amide bonds. The molecule has 0 saturated carbocycles. The number of carbonyl (C=O) groups excluding carboxylic acids is 1. The van der Waals surface area contributed by atoms with E-state index in [-0.39, 0.29) is 12.7 Å². The summed E-state index contributed by atoms with van der Waals surface area (Å²) in [4.78, 5) is 12.1. The number of nitrogens with one attached hydrogen (secondary N) is 1. The SMILES string of the molecule is Cc1c(C=NNC(=O)c2ccc3c(c2)OCO3)cc(C#N)n1C. The number of hydrazone groups is 1. The van der Waals surface area contributed by atoms with Crippen molar-refractivity contribution >= 4 is 12.1 Å². The van der Waals surface area contributed by atoms with Gasteiger partial charge < -0.3 is 14.0 Å². The predicted molar refractivity (Wildman–Crippen MR) is 82.5 cm³/mol. The minimum atomic E-state index is -0.353. The molecule has 7 nitrogen and oxygen atoms in total. The number of ether oxygens (including phenoxy) is 2. The molecule has 0 radical (unpaired) electrons. The molecule has 1 N–H and O–H groups in total. The van der Waals surface area contributed by atoms with Gasteiger partial charge in [-0.3, -0.25) is 4.79 Å². The maximum absolute atomic E-state index is 12.1. The lowest BCUT2D eigenvalue weighted by molar-refractivity contribution is 0.0954. The molecule has 0 fully saturated rings. The van der Waals surface area contributed by atoms with Gasteiger partial charge in [-0.2, -0.15) is 10.4 Å². The number of aromatic nitrogens is 1. The highest BCUT2D eigenvalue weighted by molar-refractivity contribution is 5.95. The first-order valence-electron chi connectivity index (χ1n) is 6.89. The summed E-state index contributed by atoms with van der Waals surface area (Å²) in [6, 6.07) is 8.73. The first-order chi connectivity index (χ1) is 11.1. The van der Waals surface area contributed by atoms with Gasteiger partial charge in [-0.15, -0.1) is 0 Å². The zero-order chi connectivity index (χ0) is 16.4. The molecule has 23 heavy (non-hydrogen) atoms. The van der Waals surface area contributed by atoms with Gasteiger partial charge in [0.15, 0.2) is 11.5 Å². The summed E-state index contributed by atoms with van der Waals surface area (Å²) in [5.74, 6) is 0.807. The van der Waals surface area contributed by atoms with Crippen molar-refractivity contribution in [2.45, 2.75) is 6.92 Å². The summed E-state index contributed by atoms with van der Waals surface area (Å²) >= 11 is 0. The van der Waals surface area contributed by atoms with Gasteiger partial charge in [-0.05, 0) is 31.2 Å². The number of nitrogens with zero attached hydrogens (tertiary/aromatic N) is 3. The lowest BCUT2D eigenvalue weighted by atomic mass is 10.2. The minimum absolute atomic E-state index is 0.160. The average molecular weight is 310 g/mol. The summed E-state index contributed by atoms with van der Waals surface area (Å²) in [7, 11) is 1.80. The Morgan fingerprint density at radius 1 is 1.39 bits per heavy atom. The zero-order valence-corrected chi connectivity index (χ0v) is 12.7. The number of hydrogen-bond donors (Lipinski definition) is 1. The maximum Gasteiger partial charge on any atom is 0.271 e. The van der Waals surface area contributed by atoms with Crippen molar-refractivity contribution in [3.8, 4) is 17.6 Å². The van der Waals surface area contributed by atoms with E-state index in [4.69, 9.17) is 14.7 Å². The fourth-order valence-corrected chi connectivity index (χ4v) is 2.22. The average Bonchev–Trinajstić information content (AvgIpc) is 3.13. The van der Waals surface area contributed by atoms with Crippen LogP contribution in [0.15, 0.2) is 29.4 Å². The Morgan fingerprint density at radius 2 is 2.17 bits per heavy atom. The van der Waals surface area contributed by atoms with Gasteiger partial charge in [0, 0.05) is 23.9 Å². The number of nitriles is 1. The van der Waals surface area contributed by atoms with Gasteiger partial charge in [0.2, 0.25) is 6.79 Å². The fourth-order valence-electron chi connectivity index (χ4n) is 2.22. The smallest absolute Gasteiger partial charge is 0.271 e. The minimum Gasteiger partial charge on any atom is -0.454 e. The van der Waals surface area contributed by atoms with Crippen LogP contribution in [0, 0.1) is 18.3 Å². The molecule has 7 heteroatoms. The molecule has 1 aromatic carbocycles. The summed E-state index contributed by atoms with van der Waals surface area (Å²) in [5, 5.41) is 12.9. The second-order valence-corrected chi connectivity index (χ2v) is 5.01. The van der Waals surface area contributed by atoms with Crippen molar-refractivity contribution in [2.24, 2.45) is 12.1 Å². The highest BCUT2D eigenvalue weighted by atomic mass is 16.7.